The Morgan fingerprint density at radius 3 is 2.80 bits per heavy atom. The lowest BCUT2D eigenvalue weighted by Gasteiger charge is -2.18. The van der Waals surface area contributed by atoms with Crippen LogP contribution in [0.15, 0.2) is 18.2 Å². The molecule has 1 amide bonds. The van der Waals surface area contributed by atoms with E-state index in [1.807, 2.05) is 0 Å². The van der Waals surface area contributed by atoms with Gasteiger partial charge >= 0.3 is 0 Å². The average molecular weight is 278 g/mol. The van der Waals surface area contributed by atoms with Crippen molar-refractivity contribution in [3.8, 4) is 0 Å². The largest absolute Gasteiger partial charge is 0.393 e. The smallest absolute Gasteiger partial charge is 0.282 e. The minimum absolute atomic E-state index is 0.0443. The molecule has 1 aliphatic rings. The predicted molar refractivity (Wildman–Crippen MR) is 73.5 cm³/mol. The summed E-state index contributed by atoms with van der Waals surface area (Å²) < 4.78 is 0. The van der Waals surface area contributed by atoms with Crippen molar-refractivity contribution in [2.45, 2.75) is 26.4 Å². The number of likely N-dealkylation sites (tertiary alicyclic amines) is 1. The molecule has 6 heteroatoms. The molecule has 1 aromatic carbocycles. The van der Waals surface area contributed by atoms with E-state index in [9.17, 15) is 20.0 Å². The summed E-state index contributed by atoms with van der Waals surface area (Å²) in [5.74, 6) is -0.286. The second kappa shape index (κ2) is 5.58. The van der Waals surface area contributed by atoms with E-state index in [0.717, 1.165) is 12.0 Å². The summed E-state index contributed by atoms with van der Waals surface area (Å²) >= 11 is 0. The first kappa shape index (κ1) is 14.5. The van der Waals surface area contributed by atoms with Crippen molar-refractivity contribution in [1.82, 2.24) is 4.90 Å². The molecule has 20 heavy (non-hydrogen) atoms. The molecule has 0 spiro atoms. The van der Waals surface area contributed by atoms with E-state index >= 15 is 0 Å². The van der Waals surface area contributed by atoms with Gasteiger partial charge in [-0.05, 0) is 31.9 Å². The van der Waals surface area contributed by atoms with Crippen LogP contribution in [0.3, 0.4) is 0 Å². The highest BCUT2D eigenvalue weighted by Gasteiger charge is 2.32. The molecule has 6 nitrogen and oxygen atoms in total. The Kier molecular flexibility index (Phi) is 4.04. The highest BCUT2D eigenvalue weighted by atomic mass is 16.6. The van der Waals surface area contributed by atoms with Gasteiger partial charge in [-0.25, -0.2) is 0 Å². The molecular formula is C14H18N2O4. The topological polar surface area (TPSA) is 83.7 Å². The van der Waals surface area contributed by atoms with Crippen molar-refractivity contribution < 1.29 is 14.8 Å². The van der Waals surface area contributed by atoms with Gasteiger partial charge in [-0.2, -0.15) is 0 Å². The molecule has 0 bridgehead atoms. The molecule has 0 aromatic heterocycles. The fourth-order valence-corrected chi connectivity index (χ4v) is 2.52. The summed E-state index contributed by atoms with van der Waals surface area (Å²) in [7, 11) is 0. The zero-order chi connectivity index (χ0) is 14.9. The molecular weight excluding hydrogens is 260 g/mol. The Labute approximate surface area is 117 Å². The maximum Gasteiger partial charge on any atom is 0.282 e. The van der Waals surface area contributed by atoms with Gasteiger partial charge in [-0.15, -0.1) is 0 Å². The standard InChI is InChI=1S/C14H18N2O4/c1-9-3-4-13(16(19)20)12(7-9)14(18)15-6-5-11(8-15)10(2)17/h3-4,7,10-11,17H,5-6,8H2,1-2H3. The maximum atomic E-state index is 12.4. The van der Waals surface area contributed by atoms with Crippen molar-refractivity contribution >= 4 is 11.6 Å². The summed E-state index contributed by atoms with van der Waals surface area (Å²) in [6, 6.07) is 4.54. The number of aliphatic hydroxyl groups excluding tert-OH is 1. The van der Waals surface area contributed by atoms with Crippen molar-refractivity contribution in [1.29, 1.82) is 0 Å². The van der Waals surface area contributed by atoms with E-state index in [-0.39, 0.29) is 23.1 Å². The van der Waals surface area contributed by atoms with E-state index in [1.165, 1.54) is 6.07 Å². The first-order valence-corrected chi connectivity index (χ1v) is 6.62. The summed E-state index contributed by atoms with van der Waals surface area (Å²) in [6.07, 6.45) is 0.253. The number of nitro benzene ring substituents is 1. The molecule has 1 saturated heterocycles. The third-order valence-corrected chi connectivity index (χ3v) is 3.77. The van der Waals surface area contributed by atoms with Crippen LogP contribution < -0.4 is 0 Å². The quantitative estimate of drug-likeness (QED) is 0.674. The molecule has 0 saturated carbocycles. The van der Waals surface area contributed by atoms with Gasteiger partial charge in [0.2, 0.25) is 0 Å². The van der Waals surface area contributed by atoms with Crippen LogP contribution in [0, 0.1) is 23.0 Å². The minimum Gasteiger partial charge on any atom is -0.393 e. The highest BCUT2D eigenvalue weighted by Crippen LogP contribution is 2.26. The number of hydrogen-bond donors (Lipinski definition) is 1. The van der Waals surface area contributed by atoms with Gasteiger partial charge in [0, 0.05) is 25.1 Å². The van der Waals surface area contributed by atoms with Gasteiger partial charge in [0.05, 0.1) is 11.0 Å². The van der Waals surface area contributed by atoms with E-state index in [4.69, 9.17) is 0 Å². The number of carbonyl (C=O) groups is 1. The molecule has 1 heterocycles. The molecule has 1 fully saturated rings. The first-order valence-electron chi connectivity index (χ1n) is 6.62. The van der Waals surface area contributed by atoms with E-state index in [1.54, 1.807) is 30.9 Å². The second-order valence-electron chi connectivity index (χ2n) is 5.32. The average Bonchev–Trinajstić information content (AvgIpc) is 2.87. The van der Waals surface area contributed by atoms with Crippen LogP contribution in [-0.4, -0.2) is 40.0 Å². The van der Waals surface area contributed by atoms with Crippen LogP contribution >= 0.6 is 0 Å². The van der Waals surface area contributed by atoms with Gasteiger partial charge in [0.1, 0.15) is 5.56 Å². The molecule has 1 N–H and O–H groups in total. The molecule has 0 aliphatic carbocycles. The predicted octanol–water partition coefficient (Wildman–Crippen LogP) is 1.75. The Morgan fingerprint density at radius 1 is 1.55 bits per heavy atom. The van der Waals surface area contributed by atoms with Crippen molar-refractivity contribution in [3.05, 3.63) is 39.4 Å². The number of rotatable bonds is 3. The third-order valence-electron chi connectivity index (χ3n) is 3.77. The Hall–Kier alpha value is -1.95. The fourth-order valence-electron chi connectivity index (χ4n) is 2.52. The molecule has 1 aromatic rings. The number of amides is 1. The minimum atomic E-state index is -0.533. The fraction of sp³-hybridized carbons (Fsp3) is 0.500. The third kappa shape index (κ3) is 2.80. The van der Waals surface area contributed by atoms with Crippen LogP contribution in [0.2, 0.25) is 0 Å². The van der Waals surface area contributed by atoms with E-state index in [2.05, 4.69) is 0 Å². The van der Waals surface area contributed by atoms with Crippen LogP contribution in [0.4, 0.5) is 5.69 Å². The summed E-state index contributed by atoms with van der Waals surface area (Å²) in [6.45, 7) is 4.47. The molecule has 108 valence electrons. The summed E-state index contributed by atoms with van der Waals surface area (Å²) in [5, 5.41) is 20.6. The normalized spacial score (nSPS) is 19.9. The number of aryl methyl sites for hydroxylation is 1. The van der Waals surface area contributed by atoms with Gasteiger partial charge in [0.15, 0.2) is 0 Å². The van der Waals surface area contributed by atoms with Gasteiger partial charge in [-0.3, -0.25) is 14.9 Å². The lowest BCUT2D eigenvalue weighted by molar-refractivity contribution is -0.385. The molecule has 2 atom stereocenters. The van der Waals surface area contributed by atoms with Crippen LogP contribution in [0.5, 0.6) is 0 Å². The van der Waals surface area contributed by atoms with E-state index < -0.39 is 11.0 Å². The SMILES string of the molecule is Cc1ccc([N+](=O)[O-])c(C(=O)N2CCC(C(C)O)C2)c1. The Balaban J connectivity index is 2.26. The number of benzene rings is 1. The number of nitro groups is 1. The summed E-state index contributed by atoms with van der Waals surface area (Å²) in [4.78, 5) is 24.5. The molecule has 2 rings (SSSR count). The lowest BCUT2D eigenvalue weighted by Crippen LogP contribution is -2.30. The molecule has 0 radical (unpaired) electrons. The first-order chi connectivity index (χ1) is 9.40. The van der Waals surface area contributed by atoms with Crippen LogP contribution in [0.1, 0.15) is 29.3 Å². The van der Waals surface area contributed by atoms with E-state index in [0.29, 0.717) is 13.1 Å². The number of hydrogen-bond acceptors (Lipinski definition) is 4. The molecule has 2 unspecified atom stereocenters. The number of carbonyl (C=O) groups excluding carboxylic acids is 1. The maximum absolute atomic E-state index is 12.4. The van der Waals surface area contributed by atoms with Crippen LogP contribution in [-0.2, 0) is 0 Å². The zero-order valence-corrected chi connectivity index (χ0v) is 11.6. The molecule has 1 aliphatic heterocycles. The zero-order valence-electron chi connectivity index (χ0n) is 11.6. The monoisotopic (exact) mass is 278 g/mol. The van der Waals surface area contributed by atoms with Crippen molar-refractivity contribution in [2.24, 2.45) is 5.92 Å². The highest BCUT2D eigenvalue weighted by molar-refractivity contribution is 5.98. The number of aliphatic hydroxyl groups is 1. The Bertz CT molecular complexity index is 542. The van der Waals surface area contributed by atoms with Crippen molar-refractivity contribution in [3.63, 3.8) is 0 Å². The number of nitrogens with zero attached hydrogens (tertiary/aromatic N) is 2. The summed E-state index contributed by atoms with van der Waals surface area (Å²) in [5.41, 5.74) is 0.771. The van der Waals surface area contributed by atoms with Crippen molar-refractivity contribution in [2.75, 3.05) is 13.1 Å². The van der Waals surface area contributed by atoms with Gasteiger partial charge < -0.3 is 10.0 Å². The van der Waals surface area contributed by atoms with Crippen LogP contribution in [0.25, 0.3) is 0 Å². The van der Waals surface area contributed by atoms with Gasteiger partial charge in [0.25, 0.3) is 11.6 Å². The lowest BCUT2D eigenvalue weighted by atomic mass is 10.0. The second-order valence-corrected chi connectivity index (χ2v) is 5.32. The Morgan fingerprint density at radius 2 is 2.25 bits per heavy atom. The van der Waals surface area contributed by atoms with Gasteiger partial charge in [-0.1, -0.05) is 6.07 Å².